The summed E-state index contributed by atoms with van der Waals surface area (Å²) in [5, 5.41) is 38.7. The molecular weight excluding hydrogens is 418 g/mol. The third kappa shape index (κ3) is 5.02. The maximum absolute atomic E-state index is 12.5. The fraction of sp³-hybridized carbons (Fsp3) is 0.0476. The van der Waals surface area contributed by atoms with Gasteiger partial charge in [-0.1, -0.05) is 18.2 Å². The van der Waals surface area contributed by atoms with Crippen molar-refractivity contribution in [1.29, 1.82) is 0 Å². The highest BCUT2D eigenvalue weighted by atomic mass is 16.6. The van der Waals surface area contributed by atoms with Gasteiger partial charge in [0.25, 0.3) is 17.3 Å². The van der Waals surface area contributed by atoms with Crippen molar-refractivity contribution < 1.29 is 19.7 Å². The Kier molecular flexibility index (Phi) is 6.39. The third-order valence-corrected chi connectivity index (χ3v) is 4.46. The van der Waals surface area contributed by atoms with Crippen molar-refractivity contribution in [2.24, 2.45) is 5.10 Å². The molecule has 0 radical (unpaired) electrons. The summed E-state index contributed by atoms with van der Waals surface area (Å²) in [6.07, 6.45) is 1.09. The van der Waals surface area contributed by atoms with Gasteiger partial charge < -0.3 is 10.4 Å². The van der Waals surface area contributed by atoms with E-state index in [1.807, 2.05) is 19.1 Å². The van der Waals surface area contributed by atoms with Crippen molar-refractivity contribution in [2.45, 2.75) is 6.92 Å². The number of amides is 1. The summed E-state index contributed by atoms with van der Waals surface area (Å²) in [6.45, 7) is 1.82. The van der Waals surface area contributed by atoms with Gasteiger partial charge in [0, 0.05) is 35.0 Å². The van der Waals surface area contributed by atoms with Crippen molar-refractivity contribution in [3.05, 3.63) is 97.6 Å². The molecule has 0 aliphatic carbocycles. The Hall–Kier alpha value is -4.80. The highest BCUT2D eigenvalue weighted by molar-refractivity contribution is 6.05. The minimum absolute atomic E-state index is 0.0105. The molecule has 3 N–H and O–H groups in total. The lowest BCUT2D eigenvalue weighted by Gasteiger charge is -2.09. The summed E-state index contributed by atoms with van der Waals surface area (Å²) in [5.74, 6) is -0.766. The van der Waals surface area contributed by atoms with Gasteiger partial charge in [0.05, 0.1) is 16.1 Å². The van der Waals surface area contributed by atoms with Crippen LogP contribution in [0.5, 0.6) is 5.75 Å². The molecule has 11 heteroatoms. The van der Waals surface area contributed by atoms with E-state index >= 15 is 0 Å². The Labute approximate surface area is 181 Å². The monoisotopic (exact) mass is 435 g/mol. The van der Waals surface area contributed by atoms with E-state index in [2.05, 4.69) is 15.8 Å². The molecule has 0 bridgehead atoms. The molecule has 162 valence electrons. The minimum Gasteiger partial charge on any atom is -0.507 e. The number of aryl methyl sites for hydroxylation is 1. The number of aromatic hydroxyl groups is 1. The van der Waals surface area contributed by atoms with Gasteiger partial charge in [-0.25, -0.2) is 0 Å². The molecule has 0 spiro atoms. The standard InChI is InChI=1S/C21H17N5O6/c1-13-4-2-3-5-17(13)23-21(28)14-6-8-18(19(11-14)26(31)32)24-22-12-15-10-16(25(29)30)7-9-20(15)27/h2-12,24,27H,1H3,(H,23,28). The molecule has 3 rings (SSSR count). The molecule has 0 atom stereocenters. The third-order valence-electron chi connectivity index (χ3n) is 4.46. The Balaban J connectivity index is 1.81. The zero-order valence-electron chi connectivity index (χ0n) is 16.7. The van der Waals surface area contributed by atoms with Gasteiger partial charge >= 0.3 is 0 Å². The number of non-ortho nitro benzene ring substituents is 1. The fourth-order valence-corrected chi connectivity index (χ4v) is 2.76. The van der Waals surface area contributed by atoms with Gasteiger partial charge in [-0.3, -0.25) is 30.4 Å². The number of para-hydroxylation sites is 1. The highest BCUT2D eigenvalue weighted by Gasteiger charge is 2.18. The number of nitro benzene ring substituents is 2. The molecule has 0 aliphatic heterocycles. The zero-order chi connectivity index (χ0) is 23.3. The number of rotatable bonds is 7. The van der Waals surface area contributed by atoms with E-state index in [0.717, 1.165) is 36.0 Å². The van der Waals surface area contributed by atoms with Crippen molar-refractivity contribution in [3.63, 3.8) is 0 Å². The van der Waals surface area contributed by atoms with Gasteiger partial charge in [-0.15, -0.1) is 0 Å². The van der Waals surface area contributed by atoms with Crippen LogP contribution >= 0.6 is 0 Å². The number of nitrogens with one attached hydrogen (secondary N) is 2. The molecule has 11 nitrogen and oxygen atoms in total. The number of hydrogen-bond donors (Lipinski definition) is 3. The molecule has 3 aromatic rings. The van der Waals surface area contributed by atoms with Crippen LogP contribution in [0, 0.1) is 27.2 Å². The van der Waals surface area contributed by atoms with Crippen LogP contribution in [-0.2, 0) is 0 Å². The average Bonchev–Trinajstić information content (AvgIpc) is 2.76. The van der Waals surface area contributed by atoms with E-state index in [-0.39, 0.29) is 28.3 Å². The molecule has 0 fully saturated rings. The molecule has 0 heterocycles. The largest absolute Gasteiger partial charge is 0.507 e. The Bertz CT molecular complexity index is 1240. The van der Waals surface area contributed by atoms with E-state index in [0.29, 0.717) is 5.69 Å². The molecule has 32 heavy (non-hydrogen) atoms. The summed E-state index contributed by atoms with van der Waals surface area (Å²) in [7, 11) is 0. The van der Waals surface area contributed by atoms with Gasteiger partial charge in [-0.05, 0) is 36.8 Å². The number of benzene rings is 3. The SMILES string of the molecule is Cc1ccccc1NC(=O)c1ccc(NN=Cc2cc([N+](=O)[O-])ccc2O)c([N+](=O)[O-])c1. The normalized spacial score (nSPS) is 10.7. The van der Waals surface area contributed by atoms with Crippen LogP contribution in [0.15, 0.2) is 65.8 Å². The van der Waals surface area contributed by atoms with E-state index in [9.17, 15) is 30.1 Å². The van der Waals surface area contributed by atoms with Crippen LogP contribution in [0.3, 0.4) is 0 Å². The molecule has 0 unspecified atom stereocenters. The number of nitrogens with zero attached hydrogens (tertiary/aromatic N) is 3. The quantitative estimate of drug-likeness (QED) is 0.284. The Morgan fingerprint density at radius 1 is 1.00 bits per heavy atom. The number of carbonyl (C=O) groups is 1. The first-order valence-corrected chi connectivity index (χ1v) is 9.18. The maximum Gasteiger partial charge on any atom is 0.294 e. The highest BCUT2D eigenvalue weighted by Crippen LogP contribution is 2.27. The number of phenolic OH excluding ortho intramolecular Hbond substituents is 1. The molecular formula is C21H17N5O6. The summed E-state index contributed by atoms with van der Waals surface area (Å²) >= 11 is 0. The van der Waals surface area contributed by atoms with Crippen LogP contribution in [0.25, 0.3) is 0 Å². The van der Waals surface area contributed by atoms with Crippen LogP contribution in [-0.4, -0.2) is 27.1 Å². The van der Waals surface area contributed by atoms with Gasteiger partial charge in [-0.2, -0.15) is 5.10 Å². The van der Waals surface area contributed by atoms with Crippen LogP contribution < -0.4 is 10.7 Å². The van der Waals surface area contributed by atoms with E-state index in [1.54, 1.807) is 12.1 Å². The average molecular weight is 435 g/mol. The minimum atomic E-state index is -0.673. The zero-order valence-corrected chi connectivity index (χ0v) is 16.7. The molecule has 0 aromatic heterocycles. The lowest BCUT2D eigenvalue weighted by atomic mass is 10.1. The first-order chi connectivity index (χ1) is 15.3. The fourth-order valence-electron chi connectivity index (χ4n) is 2.76. The molecule has 0 saturated carbocycles. The number of phenols is 1. The van der Waals surface area contributed by atoms with Gasteiger partial charge in [0.15, 0.2) is 0 Å². The number of carbonyl (C=O) groups excluding carboxylic acids is 1. The predicted molar refractivity (Wildman–Crippen MR) is 118 cm³/mol. The number of hydrogen-bond acceptors (Lipinski definition) is 8. The summed E-state index contributed by atoms with van der Waals surface area (Å²) < 4.78 is 0. The molecule has 0 saturated heterocycles. The Morgan fingerprint density at radius 2 is 1.75 bits per heavy atom. The lowest BCUT2D eigenvalue weighted by Crippen LogP contribution is -2.13. The molecule has 0 aliphatic rings. The van der Waals surface area contributed by atoms with Crippen molar-refractivity contribution in [1.82, 2.24) is 0 Å². The van der Waals surface area contributed by atoms with Gasteiger partial charge in [0.2, 0.25) is 0 Å². The van der Waals surface area contributed by atoms with E-state index < -0.39 is 21.4 Å². The molecule has 1 amide bonds. The summed E-state index contributed by atoms with van der Waals surface area (Å²) in [5.41, 5.74) is 3.34. The second-order valence-corrected chi connectivity index (χ2v) is 6.63. The van der Waals surface area contributed by atoms with Crippen molar-refractivity contribution in [2.75, 3.05) is 10.7 Å². The lowest BCUT2D eigenvalue weighted by molar-refractivity contribution is -0.384. The van der Waals surface area contributed by atoms with Crippen LogP contribution in [0.1, 0.15) is 21.5 Å². The number of hydrazone groups is 1. The predicted octanol–water partition coefficient (Wildman–Crippen LogP) is 4.22. The molecule has 3 aromatic carbocycles. The number of anilines is 2. The summed E-state index contributed by atoms with van der Waals surface area (Å²) in [4.78, 5) is 33.5. The van der Waals surface area contributed by atoms with Crippen LogP contribution in [0.2, 0.25) is 0 Å². The van der Waals surface area contributed by atoms with E-state index in [1.165, 1.54) is 12.1 Å². The van der Waals surface area contributed by atoms with Crippen LogP contribution in [0.4, 0.5) is 22.7 Å². The van der Waals surface area contributed by atoms with E-state index in [4.69, 9.17) is 0 Å². The van der Waals surface area contributed by atoms with Crippen molar-refractivity contribution >= 4 is 34.9 Å². The Morgan fingerprint density at radius 3 is 2.44 bits per heavy atom. The summed E-state index contributed by atoms with van der Waals surface area (Å²) in [6, 6.07) is 14.3. The first kappa shape index (κ1) is 21.9. The van der Waals surface area contributed by atoms with Crippen molar-refractivity contribution in [3.8, 4) is 5.75 Å². The number of nitro groups is 2. The van der Waals surface area contributed by atoms with Gasteiger partial charge in [0.1, 0.15) is 11.4 Å². The smallest absolute Gasteiger partial charge is 0.294 e. The topological polar surface area (TPSA) is 160 Å². The maximum atomic E-state index is 12.5. The second kappa shape index (κ2) is 9.34. The first-order valence-electron chi connectivity index (χ1n) is 9.18. The second-order valence-electron chi connectivity index (χ2n) is 6.63.